The minimum Gasteiger partial charge on any atom is -0.497 e. The fourth-order valence-corrected chi connectivity index (χ4v) is 6.21. The average Bonchev–Trinajstić information content (AvgIpc) is 3.42. The lowest BCUT2D eigenvalue weighted by atomic mass is 9.77. The monoisotopic (exact) mass is 520 g/mol. The number of hydrogen-bond donors (Lipinski definition) is 2. The summed E-state index contributed by atoms with van der Waals surface area (Å²) >= 11 is 0. The van der Waals surface area contributed by atoms with E-state index in [4.69, 9.17) is 14.2 Å². The van der Waals surface area contributed by atoms with Gasteiger partial charge < -0.3 is 19.5 Å². The number of allylic oxidation sites excluding steroid dienone is 2. The second-order valence-electron chi connectivity index (χ2n) is 9.01. The molecule has 3 aromatic rings. The van der Waals surface area contributed by atoms with Crippen LogP contribution in [-0.2, 0) is 14.8 Å². The summed E-state index contributed by atoms with van der Waals surface area (Å²) in [7, 11) is 0.497. The van der Waals surface area contributed by atoms with Crippen molar-refractivity contribution in [3.63, 3.8) is 0 Å². The zero-order valence-corrected chi connectivity index (χ0v) is 21.5. The number of benzene rings is 3. The largest absolute Gasteiger partial charge is 0.497 e. The zero-order valence-electron chi connectivity index (χ0n) is 20.7. The highest BCUT2D eigenvalue weighted by Gasteiger charge is 2.38. The Balaban J connectivity index is 1.44. The number of fused-ring (bicyclic) bond motifs is 3. The van der Waals surface area contributed by atoms with Gasteiger partial charge >= 0.3 is 5.97 Å². The molecule has 0 fully saturated rings. The molecule has 0 saturated heterocycles. The first-order valence-corrected chi connectivity index (χ1v) is 13.3. The number of methoxy groups -OCH3 is 3. The van der Waals surface area contributed by atoms with Crippen LogP contribution in [0.3, 0.4) is 0 Å². The molecule has 0 unspecified atom stereocenters. The number of sulfonamides is 1. The van der Waals surface area contributed by atoms with E-state index < -0.39 is 10.0 Å². The van der Waals surface area contributed by atoms with E-state index in [2.05, 4.69) is 22.2 Å². The van der Waals surface area contributed by atoms with Gasteiger partial charge in [0.15, 0.2) is 0 Å². The third-order valence-electron chi connectivity index (χ3n) is 6.99. The lowest BCUT2D eigenvalue weighted by molar-refractivity contribution is 0.0600. The van der Waals surface area contributed by atoms with Gasteiger partial charge in [-0.05, 0) is 65.9 Å². The van der Waals surface area contributed by atoms with E-state index in [0.29, 0.717) is 22.7 Å². The van der Waals surface area contributed by atoms with Crippen molar-refractivity contribution in [3.05, 3.63) is 89.5 Å². The third-order valence-corrected chi connectivity index (χ3v) is 8.35. The van der Waals surface area contributed by atoms with Crippen molar-refractivity contribution in [2.45, 2.75) is 23.3 Å². The van der Waals surface area contributed by atoms with Crippen LogP contribution in [0.15, 0.2) is 77.7 Å². The number of carbonyl (C=O) groups excluding carboxylic acids is 1. The van der Waals surface area contributed by atoms with Gasteiger partial charge in [0.2, 0.25) is 0 Å². The molecule has 1 heterocycles. The smallest absolute Gasteiger partial charge is 0.337 e. The van der Waals surface area contributed by atoms with Crippen molar-refractivity contribution in [3.8, 4) is 11.5 Å². The quantitative estimate of drug-likeness (QED) is 0.329. The van der Waals surface area contributed by atoms with E-state index in [0.717, 1.165) is 23.2 Å². The van der Waals surface area contributed by atoms with Crippen molar-refractivity contribution >= 4 is 27.4 Å². The number of ether oxygens (including phenoxy) is 3. The summed E-state index contributed by atoms with van der Waals surface area (Å²) in [5.74, 6) is 0.829. The third kappa shape index (κ3) is 4.62. The van der Waals surface area contributed by atoms with E-state index in [-0.39, 0.29) is 28.7 Å². The number of nitrogens with one attached hydrogen (secondary N) is 2. The highest BCUT2D eigenvalue weighted by atomic mass is 32.2. The molecule has 192 valence electrons. The van der Waals surface area contributed by atoms with Gasteiger partial charge in [0.05, 0.1) is 43.5 Å². The maximum Gasteiger partial charge on any atom is 0.337 e. The summed E-state index contributed by atoms with van der Waals surface area (Å²) in [5, 5.41) is 3.60. The molecular weight excluding hydrogens is 492 g/mol. The SMILES string of the molecule is COC(=O)c1ccc([C@H]2Nc3ccc(S(=O)(=O)Nc4ccc(OC)cc4OC)cc3[C@H]3C=CC[C@H]32)cc1. The molecule has 0 saturated carbocycles. The Morgan fingerprint density at radius 3 is 2.46 bits per heavy atom. The highest BCUT2D eigenvalue weighted by molar-refractivity contribution is 7.92. The van der Waals surface area contributed by atoms with Gasteiger partial charge in [-0.1, -0.05) is 24.3 Å². The summed E-state index contributed by atoms with van der Waals surface area (Å²) in [6, 6.07) is 17.5. The molecule has 0 spiro atoms. The topological polar surface area (TPSA) is 103 Å². The van der Waals surface area contributed by atoms with Crippen LogP contribution in [-0.4, -0.2) is 35.7 Å². The Hall–Kier alpha value is -3.98. The standard InChI is InChI=1S/C28H28N2O6S/c1-34-19-11-13-25(26(15-19)35-2)30-37(32,33)20-12-14-24-23(16-20)21-5-4-6-22(21)27(29-24)17-7-9-18(10-8-17)28(31)36-3/h4-5,7-16,21-22,27,29-30H,6H2,1-3H3/t21-,22+,27+/m0/s1. The second-order valence-corrected chi connectivity index (χ2v) is 10.7. The molecule has 3 aromatic carbocycles. The Labute approximate surface area is 216 Å². The van der Waals surface area contributed by atoms with Crippen LogP contribution in [0.5, 0.6) is 11.5 Å². The van der Waals surface area contributed by atoms with Crippen LogP contribution in [0.2, 0.25) is 0 Å². The van der Waals surface area contributed by atoms with Crippen LogP contribution in [0.4, 0.5) is 11.4 Å². The Morgan fingerprint density at radius 1 is 0.973 bits per heavy atom. The van der Waals surface area contributed by atoms with Gasteiger partial charge in [-0.15, -0.1) is 0 Å². The fourth-order valence-electron chi connectivity index (χ4n) is 5.10. The van der Waals surface area contributed by atoms with Crippen molar-refractivity contribution in [1.82, 2.24) is 0 Å². The summed E-state index contributed by atoms with van der Waals surface area (Å²) in [4.78, 5) is 12.0. The summed E-state index contributed by atoms with van der Waals surface area (Å²) < 4.78 is 44.6. The number of carbonyl (C=O) groups is 1. The lowest BCUT2D eigenvalue weighted by Crippen LogP contribution is -2.29. The molecule has 0 amide bonds. The van der Waals surface area contributed by atoms with Crippen LogP contribution < -0.4 is 19.5 Å². The van der Waals surface area contributed by atoms with E-state index >= 15 is 0 Å². The Bertz CT molecular complexity index is 1470. The highest BCUT2D eigenvalue weighted by Crippen LogP contribution is 2.50. The number of anilines is 2. The number of rotatable bonds is 7. The summed E-state index contributed by atoms with van der Waals surface area (Å²) in [6.45, 7) is 0. The molecule has 3 atom stereocenters. The molecule has 0 radical (unpaired) electrons. The van der Waals surface area contributed by atoms with Crippen LogP contribution >= 0.6 is 0 Å². The lowest BCUT2D eigenvalue weighted by Gasteiger charge is -2.37. The maximum absolute atomic E-state index is 13.3. The summed E-state index contributed by atoms with van der Waals surface area (Å²) in [6.07, 6.45) is 5.15. The van der Waals surface area contributed by atoms with Crippen molar-refractivity contribution in [2.24, 2.45) is 5.92 Å². The van der Waals surface area contributed by atoms with Crippen molar-refractivity contribution in [1.29, 1.82) is 0 Å². The number of hydrogen-bond acceptors (Lipinski definition) is 7. The van der Waals surface area contributed by atoms with Crippen LogP contribution in [0.1, 0.15) is 39.9 Å². The second kappa shape index (κ2) is 9.82. The molecule has 37 heavy (non-hydrogen) atoms. The van der Waals surface area contributed by atoms with E-state index in [1.54, 1.807) is 42.5 Å². The first kappa shape index (κ1) is 24.7. The molecule has 1 aliphatic heterocycles. The number of esters is 1. The first-order valence-electron chi connectivity index (χ1n) is 11.8. The van der Waals surface area contributed by atoms with Gasteiger partial charge in [-0.2, -0.15) is 0 Å². The van der Waals surface area contributed by atoms with E-state index in [1.807, 2.05) is 18.2 Å². The first-order chi connectivity index (χ1) is 17.8. The minimum absolute atomic E-state index is 0.0170. The molecule has 8 nitrogen and oxygen atoms in total. The van der Waals surface area contributed by atoms with Gasteiger partial charge in [0, 0.05) is 17.7 Å². The van der Waals surface area contributed by atoms with E-state index in [9.17, 15) is 13.2 Å². The molecular formula is C28H28N2O6S. The van der Waals surface area contributed by atoms with Crippen molar-refractivity contribution < 1.29 is 27.4 Å². The molecule has 9 heteroatoms. The van der Waals surface area contributed by atoms with Gasteiger partial charge in [0.1, 0.15) is 11.5 Å². The molecule has 0 aromatic heterocycles. The van der Waals surface area contributed by atoms with Crippen molar-refractivity contribution in [2.75, 3.05) is 31.4 Å². The zero-order chi connectivity index (χ0) is 26.2. The Morgan fingerprint density at radius 2 is 1.76 bits per heavy atom. The molecule has 1 aliphatic carbocycles. The van der Waals surface area contributed by atoms with Gasteiger partial charge in [-0.3, -0.25) is 4.72 Å². The van der Waals surface area contributed by atoms with Crippen LogP contribution in [0, 0.1) is 5.92 Å². The van der Waals surface area contributed by atoms with E-state index in [1.165, 1.54) is 21.3 Å². The average molecular weight is 521 g/mol. The van der Waals surface area contributed by atoms with Gasteiger partial charge in [0.25, 0.3) is 10.0 Å². The van der Waals surface area contributed by atoms with Gasteiger partial charge in [-0.25, -0.2) is 13.2 Å². The maximum atomic E-state index is 13.3. The summed E-state index contributed by atoms with van der Waals surface area (Å²) in [5.41, 5.74) is 3.70. The van der Waals surface area contributed by atoms with Crippen LogP contribution in [0.25, 0.3) is 0 Å². The predicted molar refractivity (Wildman–Crippen MR) is 141 cm³/mol. The molecule has 2 N–H and O–H groups in total. The molecule has 0 bridgehead atoms. The predicted octanol–water partition coefficient (Wildman–Crippen LogP) is 5.12. The fraction of sp³-hybridized carbons (Fsp3) is 0.250. The minimum atomic E-state index is -3.88. The Kier molecular flexibility index (Phi) is 6.55. The molecule has 2 aliphatic rings. The normalized spacial score (nSPS) is 19.8. The molecule has 5 rings (SSSR count).